The summed E-state index contributed by atoms with van der Waals surface area (Å²) in [6.45, 7) is 7.48. The Labute approximate surface area is 192 Å². The van der Waals surface area contributed by atoms with Crippen LogP contribution in [0.5, 0.6) is 5.75 Å². The van der Waals surface area contributed by atoms with Gasteiger partial charge in [0.2, 0.25) is 5.91 Å². The minimum Gasteiger partial charge on any atom is -0.495 e. The van der Waals surface area contributed by atoms with E-state index in [2.05, 4.69) is 32.8 Å². The van der Waals surface area contributed by atoms with Crippen molar-refractivity contribution in [1.29, 1.82) is 0 Å². The summed E-state index contributed by atoms with van der Waals surface area (Å²) in [6, 6.07) is 6.47. The number of likely N-dealkylation sites (tertiary alicyclic amines) is 1. The molecule has 1 aliphatic rings. The lowest BCUT2D eigenvalue weighted by Crippen LogP contribution is -2.45. The van der Waals surface area contributed by atoms with E-state index < -0.39 is 0 Å². The van der Waals surface area contributed by atoms with E-state index in [4.69, 9.17) is 4.74 Å². The van der Waals surface area contributed by atoms with Crippen LogP contribution in [0.4, 0.5) is 5.69 Å². The molecule has 29 heavy (non-hydrogen) atoms. The Morgan fingerprint density at radius 3 is 2.76 bits per heavy atom. The van der Waals surface area contributed by atoms with Gasteiger partial charge in [0.25, 0.3) is 0 Å². The molecule has 164 valence electrons. The number of carbonyl (C=O) groups is 1. The van der Waals surface area contributed by atoms with Gasteiger partial charge in [-0.25, -0.2) is 0 Å². The normalized spacial score (nSPS) is 17.2. The summed E-state index contributed by atoms with van der Waals surface area (Å²) in [5.41, 5.74) is 1.71. The van der Waals surface area contributed by atoms with Gasteiger partial charge in [0.05, 0.1) is 12.8 Å². The molecule has 8 heteroatoms. The van der Waals surface area contributed by atoms with E-state index in [0.717, 1.165) is 30.7 Å². The van der Waals surface area contributed by atoms with Gasteiger partial charge in [-0.05, 0) is 43.5 Å². The Morgan fingerprint density at radius 1 is 1.31 bits per heavy atom. The highest BCUT2D eigenvalue weighted by molar-refractivity contribution is 14.0. The van der Waals surface area contributed by atoms with Crippen molar-refractivity contribution in [1.82, 2.24) is 15.5 Å². The number of halogens is 1. The van der Waals surface area contributed by atoms with E-state index in [-0.39, 0.29) is 29.9 Å². The molecule has 0 aliphatic carbocycles. The molecular formula is C21H36IN5O2. The van der Waals surface area contributed by atoms with Crippen molar-refractivity contribution in [3.63, 3.8) is 0 Å². The van der Waals surface area contributed by atoms with Crippen LogP contribution in [-0.4, -0.2) is 56.6 Å². The first-order chi connectivity index (χ1) is 13.6. The van der Waals surface area contributed by atoms with Gasteiger partial charge in [0.1, 0.15) is 5.75 Å². The first kappa shape index (κ1) is 25.5. The monoisotopic (exact) mass is 517 g/mol. The fourth-order valence-corrected chi connectivity index (χ4v) is 3.69. The molecule has 1 amide bonds. The molecule has 1 aromatic rings. The zero-order chi connectivity index (χ0) is 20.4. The van der Waals surface area contributed by atoms with Crippen molar-refractivity contribution in [2.24, 2.45) is 4.99 Å². The van der Waals surface area contributed by atoms with Crippen LogP contribution in [0.3, 0.4) is 0 Å². The van der Waals surface area contributed by atoms with Crippen molar-refractivity contribution in [3.05, 3.63) is 23.8 Å². The molecule has 1 fully saturated rings. The molecule has 0 radical (unpaired) electrons. The number of guanidine groups is 1. The zero-order valence-corrected chi connectivity index (χ0v) is 20.4. The smallest absolute Gasteiger partial charge is 0.221 e. The number of methoxy groups -OCH3 is 1. The summed E-state index contributed by atoms with van der Waals surface area (Å²) in [7, 11) is 3.37. The van der Waals surface area contributed by atoms with Gasteiger partial charge in [0.15, 0.2) is 5.96 Å². The highest BCUT2D eigenvalue weighted by atomic mass is 127. The average molecular weight is 517 g/mol. The van der Waals surface area contributed by atoms with E-state index in [0.29, 0.717) is 18.0 Å². The average Bonchev–Trinajstić information content (AvgIpc) is 2.70. The topological polar surface area (TPSA) is 78.0 Å². The molecule has 1 unspecified atom stereocenters. The number of carbonyl (C=O) groups excluding carboxylic acids is 1. The summed E-state index contributed by atoms with van der Waals surface area (Å²) in [4.78, 5) is 18.3. The largest absolute Gasteiger partial charge is 0.495 e. The maximum absolute atomic E-state index is 11.4. The third-order valence-corrected chi connectivity index (χ3v) is 5.17. The lowest BCUT2D eigenvalue weighted by molar-refractivity contribution is -0.114. The molecular weight excluding hydrogens is 481 g/mol. The number of hydrogen-bond donors (Lipinski definition) is 3. The maximum Gasteiger partial charge on any atom is 0.221 e. The molecule has 1 saturated heterocycles. The lowest BCUT2D eigenvalue weighted by Gasteiger charge is -2.35. The SMILES string of the molecule is CCC1CCCCN1CCNC(=NC)NCc1ccc(OC)c(NC(C)=O)c1.I. The number of piperidine rings is 1. The molecule has 0 bridgehead atoms. The Hall–Kier alpha value is -1.55. The van der Waals surface area contributed by atoms with Crippen LogP contribution in [0, 0.1) is 0 Å². The first-order valence-corrected chi connectivity index (χ1v) is 10.2. The van der Waals surface area contributed by atoms with Gasteiger partial charge in [-0.15, -0.1) is 24.0 Å². The Balaban J connectivity index is 0.00000420. The van der Waals surface area contributed by atoms with Crippen LogP contribution in [0.15, 0.2) is 23.2 Å². The zero-order valence-electron chi connectivity index (χ0n) is 18.1. The van der Waals surface area contributed by atoms with Crippen molar-refractivity contribution in [3.8, 4) is 5.75 Å². The summed E-state index contributed by atoms with van der Waals surface area (Å²) in [5.74, 6) is 1.31. The van der Waals surface area contributed by atoms with E-state index >= 15 is 0 Å². The quantitative estimate of drug-likeness (QED) is 0.281. The molecule has 0 spiro atoms. The van der Waals surface area contributed by atoms with Crippen LogP contribution in [-0.2, 0) is 11.3 Å². The van der Waals surface area contributed by atoms with Crippen LogP contribution >= 0.6 is 24.0 Å². The molecule has 3 N–H and O–H groups in total. The third kappa shape index (κ3) is 8.38. The number of anilines is 1. The van der Waals surface area contributed by atoms with Crippen molar-refractivity contribution in [2.75, 3.05) is 39.1 Å². The second-order valence-electron chi connectivity index (χ2n) is 7.16. The first-order valence-electron chi connectivity index (χ1n) is 10.2. The second kappa shape index (κ2) is 13.6. The molecule has 1 heterocycles. The number of rotatable bonds is 8. The van der Waals surface area contributed by atoms with Gasteiger partial charge in [-0.2, -0.15) is 0 Å². The van der Waals surface area contributed by atoms with E-state index in [1.807, 2.05) is 18.2 Å². The Kier molecular flexibility index (Phi) is 12.0. The number of hydrogen-bond acceptors (Lipinski definition) is 4. The van der Waals surface area contributed by atoms with Gasteiger partial charge in [0, 0.05) is 39.6 Å². The van der Waals surface area contributed by atoms with Gasteiger partial charge in [-0.3, -0.25) is 14.7 Å². The predicted octanol–water partition coefficient (Wildman–Crippen LogP) is 3.20. The minimum absolute atomic E-state index is 0. The number of nitrogens with zero attached hydrogens (tertiary/aromatic N) is 2. The molecule has 1 atom stereocenters. The van der Waals surface area contributed by atoms with Gasteiger partial charge >= 0.3 is 0 Å². The number of ether oxygens (including phenoxy) is 1. The molecule has 1 aromatic carbocycles. The summed E-state index contributed by atoms with van der Waals surface area (Å²) in [5, 5.41) is 9.54. The van der Waals surface area contributed by atoms with Crippen LogP contribution in [0.25, 0.3) is 0 Å². The molecule has 0 aromatic heterocycles. The Morgan fingerprint density at radius 2 is 2.10 bits per heavy atom. The molecule has 1 aliphatic heterocycles. The number of benzene rings is 1. The van der Waals surface area contributed by atoms with Crippen LogP contribution in [0.1, 0.15) is 45.1 Å². The van der Waals surface area contributed by atoms with Gasteiger partial charge in [-0.1, -0.05) is 19.4 Å². The number of aliphatic imine (C=N–C) groups is 1. The van der Waals surface area contributed by atoms with Crippen LogP contribution in [0.2, 0.25) is 0 Å². The standard InChI is InChI=1S/C21H35N5O2.HI/c1-5-18-8-6-7-12-26(18)13-11-23-21(22-3)24-15-17-9-10-20(28-4)19(14-17)25-16(2)27;/h9-10,14,18H,5-8,11-13,15H2,1-4H3,(H,25,27)(H2,22,23,24);1H. The Bertz CT molecular complexity index is 668. The van der Waals surface area contributed by atoms with E-state index in [9.17, 15) is 4.79 Å². The number of nitrogens with one attached hydrogen (secondary N) is 3. The fourth-order valence-electron chi connectivity index (χ4n) is 3.69. The van der Waals surface area contributed by atoms with E-state index in [1.54, 1.807) is 14.2 Å². The number of amides is 1. The van der Waals surface area contributed by atoms with Crippen molar-refractivity contribution < 1.29 is 9.53 Å². The minimum atomic E-state index is -0.121. The molecule has 7 nitrogen and oxygen atoms in total. The third-order valence-electron chi connectivity index (χ3n) is 5.17. The summed E-state index contributed by atoms with van der Waals surface area (Å²) in [6.07, 6.45) is 5.20. The molecule has 0 saturated carbocycles. The molecule has 2 rings (SSSR count). The van der Waals surface area contributed by atoms with Crippen molar-refractivity contribution >= 4 is 41.5 Å². The van der Waals surface area contributed by atoms with E-state index in [1.165, 1.54) is 39.2 Å². The fraction of sp³-hybridized carbons (Fsp3) is 0.619. The van der Waals surface area contributed by atoms with Crippen LogP contribution < -0.4 is 20.7 Å². The maximum atomic E-state index is 11.4. The second-order valence-corrected chi connectivity index (χ2v) is 7.16. The highest BCUT2D eigenvalue weighted by Gasteiger charge is 2.19. The summed E-state index contributed by atoms with van der Waals surface area (Å²) < 4.78 is 5.30. The van der Waals surface area contributed by atoms with Crippen molar-refractivity contribution in [2.45, 2.75) is 52.1 Å². The predicted molar refractivity (Wildman–Crippen MR) is 130 cm³/mol. The highest BCUT2D eigenvalue weighted by Crippen LogP contribution is 2.25. The lowest BCUT2D eigenvalue weighted by atomic mass is 10.0. The summed E-state index contributed by atoms with van der Waals surface area (Å²) >= 11 is 0. The van der Waals surface area contributed by atoms with Gasteiger partial charge < -0.3 is 20.7 Å².